The highest BCUT2D eigenvalue weighted by molar-refractivity contribution is 7.96. The van der Waals surface area contributed by atoms with Crippen LogP contribution in [0.1, 0.15) is 5.82 Å². The molecule has 0 aliphatic heterocycles. The van der Waals surface area contributed by atoms with Crippen molar-refractivity contribution in [2.45, 2.75) is 5.75 Å². The van der Waals surface area contributed by atoms with E-state index in [4.69, 9.17) is 5.14 Å². The molecule has 2 rings (SSSR count). The number of hydrogen-bond donors (Lipinski definition) is 2. The summed E-state index contributed by atoms with van der Waals surface area (Å²) in [5, 5.41) is 5.34. The first-order valence-electron chi connectivity index (χ1n) is 3.65. The Morgan fingerprint density at radius 2 is 2.25 bits per heavy atom. The van der Waals surface area contributed by atoms with Crippen molar-refractivity contribution in [3.05, 3.63) is 30.1 Å². The molecule has 0 radical (unpaired) electrons. The van der Waals surface area contributed by atoms with Gasteiger partial charge in [0.15, 0.2) is 0 Å². The van der Waals surface area contributed by atoms with Gasteiger partial charge >= 0.3 is 0 Å². The molecule has 0 saturated heterocycles. The zero-order valence-corrected chi connectivity index (χ0v) is 7.27. The summed E-state index contributed by atoms with van der Waals surface area (Å²) in [6.45, 7) is 0. The summed E-state index contributed by atoms with van der Waals surface area (Å²) in [7, 11) is 0. The standard InChI is InChI=1S/C8H9N3S/c9-12-5-8-10-6-3-1-2-4-7(6)11-8/h1-4H,5,9H2,(H,10,11). The van der Waals surface area contributed by atoms with Gasteiger partial charge < -0.3 is 4.98 Å². The molecule has 1 aromatic carbocycles. The van der Waals surface area contributed by atoms with E-state index in [9.17, 15) is 0 Å². The number of nitrogens with one attached hydrogen (secondary N) is 1. The summed E-state index contributed by atoms with van der Waals surface area (Å²) >= 11 is 1.28. The maximum atomic E-state index is 5.34. The van der Waals surface area contributed by atoms with E-state index in [-0.39, 0.29) is 0 Å². The number of nitrogens with zero attached hydrogens (tertiary/aromatic N) is 1. The Bertz CT molecular complexity index is 349. The van der Waals surface area contributed by atoms with Gasteiger partial charge in [-0.2, -0.15) is 0 Å². The molecule has 1 heterocycles. The van der Waals surface area contributed by atoms with Gasteiger partial charge in [-0.25, -0.2) is 4.98 Å². The Hall–Kier alpha value is -1.00. The van der Waals surface area contributed by atoms with E-state index < -0.39 is 0 Å². The summed E-state index contributed by atoms with van der Waals surface area (Å²) in [5.41, 5.74) is 2.07. The number of aromatic amines is 1. The maximum Gasteiger partial charge on any atom is 0.118 e. The monoisotopic (exact) mass is 179 g/mol. The van der Waals surface area contributed by atoms with Crippen LogP contribution in [-0.4, -0.2) is 9.97 Å². The number of para-hydroxylation sites is 2. The van der Waals surface area contributed by atoms with Crippen LogP contribution < -0.4 is 5.14 Å². The van der Waals surface area contributed by atoms with E-state index in [1.807, 2.05) is 24.3 Å². The highest BCUT2D eigenvalue weighted by Crippen LogP contribution is 2.12. The fraction of sp³-hybridized carbons (Fsp3) is 0.125. The van der Waals surface area contributed by atoms with Crippen LogP contribution in [0.15, 0.2) is 24.3 Å². The van der Waals surface area contributed by atoms with Crippen molar-refractivity contribution in [2.24, 2.45) is 5.14 Å². The molecule has 4 heteroatoms. The van der Waals surface area contributed by atoms with Gasteiger partial charge in [0.1, 0.15) is 5.82 Å². The van der Waals surface area contributed by atoms with Crippen LogP contribution in [0.4, 0.5) is 0 Å². The second-order valence-corrected chi connectivity index (χ2v) is 3.13. The van der Waals surface area contributed by atoms with Crippen LogP contribution in [-0.2, 0) is 5.75 Å². The van der Waals surface area contributed by atoms with E-state index in [2.05, 4.69) is 9.97 Å². The molecule has 62 valence electrons. The van der Waals surface area contributed by atoms with E-state index >= 15 is 0 Å². The summed E-state index contributed by atoms with van der Waals surface area (Å²) in [6, 6.07) is 7.95. The van der Waals surface area contributed by atoms with Crippen molar-refractivity contribution in [3.8, 4) is 0 Å². The fourth-order valence-corrected chi connectivity index (χ4v) is 1.45. The number of imidazole rings is 1. The lowest BCUT2D eigenvalue weighted by atomic mass is 10.3. The number of benzene rings is 1. The average Bonchev–Trinajstić information content (AvgIpc) is 2.47. The van der Waals surface area contributed by atoms with Gasteiger partial charge in [0.25, 0.3) is 0 Å². The van der Waals surface area contributed by atoms with Gasteiger partial charge in [0, 0.05) is 0 Å². The zero-order chi connectivity index (χ0) is 8.39. The molecule has 1 aromatic heterocycles. The van der Waals surface area contributed by atoms with Crippen LogP contribution >= 0.6 is 11.9 Å². The molecule has 0 amide bonds. The van der Waals surface area contributed by atoms with E-state index in [0.29, 0.717) is 0 Å². The lowest BCUT2D eigenvalue weighted by molar-refractivity contribution is 1.14. The van der Waals surface area contributed by atoms with Crippen LogP contribution in [0.2, 0.25) is 0 Å². The number of nitrogens with two attached hydrogens (primary N) is 1. The number of fused-ring (bicyclic) bond motifs is 1. The first-order chi connectivity index (χ1) is 5.90. The summed E-state index contributed by atoms with van der Waals surface area (Å²) < 4.78 is 0. The molecule has 2 aromatic rings. The predicted octanol–water partition coefficient (Wildman–Crippen LogP) is 1.67. The Labute approximate surface area is 74.5 Å². The van der Waals surface area contributed by atoms with E-state index in [1.54, 1.807) is 0 Å². The highest BCUT2D eigenvalue weighted by atomic mass is 32.2. The van der Waals surface area contributed by atoms with Gasteiger partial charge in [-0.05, 0) is 12.1 Å². The molecule has 3 nitrogen and oxygen atoms in total. The average molecular weight is 179 g/mol. The first kappa shape index (κ1) is 7.64. The Morgan fingerprint density at radius 1 is 1.42 bits per heavy atom. The molecule has 0 bridgehead atoms. The minimum Gasteiger partial charge on any atom is -0.341 e. The minimum absolute atomic E-state index is 0.731. The quantitative estimate of drug-likeness (QED) is 0.689. The van der Waals surface area contributed by atoms with Crippen molar-refractivity contribution >= 4 is 23.0 Å². The van der Waals surface area contributed by atoms with E-state index in [1.165, 1.54) is 11.9 Å². The summed E-state index contributed by atoms with van der Waals surface area (Å²) in [6.07, 6.45) is 0. The van der Waals surface area contributed by atoms with Crippen LogP contribution in [0.25, 0.3) is 11.0 Å². The van der Waals surface area contributed by atoms with Crippen molar-refractivity contribution < 1.29 is 0 Å². The van der Waals surface area contributed by atoms with Gasteiger partial charge in [-0.1, -0.05) is 24.1 Å². The molecule has 0 atom stereocenters. The van der Waals surface area contributed by atoms with Gasteiger partial charge in [-0.3, -0.25) is 5.14 Å². The number of hydrogen-bond acceptors (Lipinski definition) is 3. The largest absolute Gasteiger partial charge is 0.341 e. The third-order valence-corrected chi connectivity index (χ3v) is 2.10. The molecular formula is C8H9N3S. The molecule has 0 aliphatic rings. The Kier molecular flexibility index (Phi) is 2.01. The molecule has 0 spiro atoms. The van der Waals surface area contributed by atoms with Crippen molar-refractivity contribution in [2.75, 3.05) is 0 Å². The van der Waals surface area contributed by atoms with Crippen molar-refractivity contribution in [3.63, 3.8) is 0 Å². The first-order valence-corrected chi connectivity index (χ1v) is 4.70. The number of H-pyrrole nitrogens is 1. The van der Waals surface area contributed by atoms with Gasteiger partial charge in [0.2, 0.25) is 0 Å². The normalized spacial score (nSPS) is 10.8. The van der Waals surface area contributed by atoms with E-state index in [0.717, 1.165) is 22.6 Å². The number of rotatable bonds is 2. The topological polar surface area (TPSA) is 54.7 Å². The molecule has 0 saturated carbocycles. The van der Waals surface area contributed by atoms with Crippen molar-refractivity contribution in [1.29, 1.82) is 0 Å². The highest BCUT2D eigenvalue weighted by Gasteiger charge is 1.99. The molecule has 12 heavy (non-hydrogen) atoms. The van der Waals surface area contributed by atoms with Crippen LogP contribution in [0, 0.1) is 0 Å². The second-order valence-electron chi connectivity index (χ2n) is 2.51. The molecule has 0 unspecified atom stereocenters. The zero-order valence-electron chi connectivity index (χ0n) is 6.45. The molecule has 3 N–H and O–H groups in total. The van der Waals surface area contributed by atoms with Gasteiger partial charge in [-0.15, -0.1) is 0 Å². The third-order valence-electron chi connectivity index (χ3n) is 1.66. The summed E-state index contributed by atoms with van der Waals surface area (Å²) in [4.78, 5) is 7.53. The Morgan fingerprint density at radius 3 is 3.00 bits per heavy atom. The Balaban J connectivity index is 2.47. The SMILES string of the molecule is NSCc1nc2ccccc2[nH]1. The lowest BCUT2D eigenvalue weighted by Gasteiger charge is -1.86. The maximum absolute atomic E-state index is 5.34. The minimum atomic E-state index is 0.731. The smallest absolute Gasteiger partial charge is 0.118 e. The summed E-state index contributed by atoms with van der Waals surface area (Å²) in [5.74, 6) is 1.66. The molecule has 0 aliphatic carbocycles. The van der Waals surface area contributed by atoms with Crippen molar-refractivity contribution in [1.82, 2.24) is 9.97 Å². The number of aromatic nitrogens is 2. The molecule has 0 fully saturated rings. The lowest BCUT2D eigenvalue weighted by Crippen LogP contribution is -1.86. The van der Waals surface area contributed by atoms with Crippen LogP contribution in [0.5, 0.6) is 0 Å². The van der Waals surface area contributed by atoms with Gasteiger partial charge in [0.05, 0.1) is 16.8 Å². The third kappa shape index (κ3) is 1.31. The molecular weight excluding hydrogens is 170 g/mol. The predicted molar refractivity (Wildman–Crippen MR) is 51.6 cm³/mol. The van der Waals surface area contributed by atoms with Crippen LogP contribution in [0.3, 0.4) is 0 Å². The second kappa shape index (κ2) is 3.16. The fourth-order valence-electron chi connectivity index (χ4n) is 1.15.